The van der Waals surface area contributed by atoms with Crippen LogP contribution >= 0.6 is 0 Å². The van der Waals surface area contributed by atoms with Gasteiger partial charge in [0.15, 0.2) is 18.1 Å². The van der Waals surface area contributed by atoms with Crippen LogP contribution in [0, 0.1) is 12.8 Å². The van der Waals surface area contributed by atoms with E-state index >= 15 is 0 Å². The van der Waals surface area contributed by atoms with Crippen LogP contribution in [0.1, 0.15) is 25.3 Å². The van der Waals surface area contributed by atoms with Gasteiger partial charge in [-0.05, 0) is 67.6 Å². The molecule has 2 aromatic rings. The number of aryl methyl sites for hydroxylation is 1. The quantitative estimate of drug-likeness (QED) is 0.828. The molecule has 2 aromatic carbocycles. The Morgan fingerprint density at radius 1 is 1.11 bits per heavy atom. The normalized spacial score (nSPS) is 14.7. The number of hydrogen-bond donors (Lipinski definition) is 1. The second-order valence-corrected chi connectivity index (χ2v) is 7.21. The molecular weight excluding hydrogens is 340 g/mol. The van der Waals surface area contributed by atoms with Crippen LogP contribution in [-0.4, -0.2) is 32.7 Å². The van der Waals surface area contributed by atoms with Gasteiger partial charge in [-0.25, -0.2) is 0 Å². The first-order chi connectivity index (χ1) is 13.0. The highest BCUT2D eigenvalue weighted by molar-refractivity contribution is 5.92. The predicted molar refractivity (Wildman–Crippen MR) is 109 cm³/mol. The Bertz CT molecular complexity index is 766. The molecule has 1 amide bonds. The standard InChI is InChI=1S/C22H28N2O3/c1-16-10-12-24(13-11-16)19-7-5-18(6-8-19)23-22(25)15-27-20-9-4-17(2)14-21(20)26-3/h4-9,14,16H,10-13,15H2,1-3H3,(H,23,25). The second kappa shape index (κ2) is 8.80. The Kier molecular flexibility index (Phi) is 6.22. The van der Waals surface area contributed by atoms with Gasteiger partial charge in [-0.1, -0.05) is 13.0 Å². The first kappa shape index (κ1) is 19.1. The Morgan fingerprint density at radius 2 is 1.81 bits per heavy atom. The molecule has 0 aromatic heterocycles. The minimum Gasteiger partial charge on any atom is -0.493 e. The van der Waals surface area contributed by atoms with Crippen molar-refractivity contribution in [3.63, 3.8) is 0 Å². The Labute approximate surface area is 161 Å². The first-order valence-electron chi connectivity index (χ1n) is 9.47. The third-order valence-electron chi connectivity index (χ3n) is 4.98. The van der Waals surface area contributed by atoms with Gasteiger partial charge in [0.1, 0.15) is 0 Å². The zero-order chi connectivity index (χ0) is 19.2. The fourth-order valence-corrected chi connectivity index (χ4v) is 3.26. The molecule has 1 N–H and O–H groups in total. The molecule has 1 saturated heterocycles. The molecule has 5 heteroatoms. The summed E-state index contributed by atoms with van der Waals surface area (Å²) in [7, 11) is 1.59. The average molecular weight is 368 g/mol. The molecule has 1 fully saturated rings. The van der Waals surface area contributed by atoms with Gasteiger partial charge < -0.3 is 19.7 Å². The van der Waals surface area contributed by atoms with E-state index in [4.69, 9.17) is 9.47 Å². The summed E-state index contributed by atoms with van der Waals surface area (Å²) in [6.45, 7) is 6.42. The fourth-order valence-electron chi connectivity index (χ4n) is 3.26. The highest BCUT2D eigenvalue weighted by atomic mass is 16.5. The smallest absolute Gasteiger partial charge is 0.262 e. The summed E-state index contributed by atoms with van der Waals surface area (Å²) in [6, 6.07) is 13.6. The van der Waals surface area contributed by atoms with Gasteiger partial charge in [0.2, 0.25) is 0 Å². The van der Waals surface area contributed by atoms with Crippen LogP contribution in [0.3, 0.4) is 0 Å². The number of amides is 1. The first-order valence-corrected chi connectivity index (χ1v) is 9.47. The summed E-state index contributed by atoms with van der Waals surface area (Å²) < 4.78 is 10.9. The van der Waals surface area contributed by atoms with Crippen molar-refractivity contribution in [3.8, 4) is 11.5 Å². The van der Waals surface area contributed by atoms with Crippen LogP contribution in [0.2, 0.25) is 0 Å². The van der Waals surface area contributed by atoms with E-state index in [1.807, 2.05) is 37.3 Å². The molecule has 144 valence electrons. The minimum absolute atomic E-state index is 0.0643. The van der Waals surface area contributed by atoms with Crippen molar-refractivity contribution < 1.29 is 14.3 Å². The Balaban J connectivity index is 1.52. The largest absolute Gasteiger partial charge is 0.493 e. The van der Waals surface area contributed by atoms with Crippen LogP contribution in [0.4, 0.5) is 11.4 Å². The van der Waals surface area contributed by atoms with Gasteiger partial charge in [-0.15, -0.1) is 0 Å². The number of carbonyl (C=O) groups excluding carboxylic acids is 1. The monoisotopic (exact) mass is 368 g/mol. The van der Waals surface area contributed by atoms with E-state index in [9.17, 15) is 4.79 Å². The lowest BCUT2D eigenvalue weighted by Crippen LogP contribution is -2.32. The van der Waals surface area contributed by atoms with Gasteiger partial charge in [-0.2, -0.15) is 0 Å². The summed E-state index contributed by atoms with van der Waals surface area (Å²) in [6.07, 6.45) is 2.47. The molecule has 1 aliphatic heterocycles. The van der Waals surface area contributed by atoms with Gasteiger partial charge >= 0.3 is 0 Å². The molecular formula is C22H28N2O3. The average Bonchev–Trinajstić information content (AvgIpc) is 2.68. The van der Waals surface area contributed by atoms with Crippen LogP contribution in [0.15, 0.2) is 42.5 Å². The molecule has 0 spiro atoms. The number of ether oxygens (including phenoxy) is 2. The molecule has 1 heterocycles. The third kappa shape index (κ3) is 5.16. The van der Waals surface area contributed by atoms with Crippen LogP contribution in [0.5, 0.6) is 11.5 Å². The maximum atomic E-state index is 12.2. The van der Waals surface area contributed by atoms with Crippen molar-refractivity contribution in [2.75, 3.05) is 37.0 Å². The Hall–Kier alpha value is -2.69. The van der Waals surface area contributed by atoms with E-state index < -0.39 is 0 Å². The lowest BCUT2D eigenvalue weighted by atomic mass is 9.99. The van der Waals surface area contributed by atoms with Crippen molar-refractivity contribution in [1.82, 2.24) is 0 Å². The number of hydrogen-bond acceptors (Lipinski definition) is 4. The van der Waals surface area contributed by atoms with Gasteiger partial charge in [0.05, 0.1) is 7.11 Å². The highest BCUT2D eigenvalue weighted by Gasteiger charge is 2.16. The number of rotatable bonds is 6. The van der Waals surface area contributed by atoms with Gasteiger partial charge in [-0.3, -0.25) is 4.79 Å². The maximum Gasteiger partial charge on any atom is 0.262 e. The van der Waals surface area contributed by atoms with E-state index in [1.165, 1.54) is 18.5 Å². The molecule has 1 aliphatic rings. The molecule has 27 heavy (non-hydrogen) atoms. The van der Waals surface area contributed by atoms with Gasteiger partial charge in [0, 0.05) is 24.5 Å². The zero-order valence-electron chi connectivity index (χ0n) is 16.3. The highest BCUT2D eigenvalue weighted by Crippen LogP contribution is 2.28. The lowest BCUT2D eigenvalue weighted by Gasteiger charge is -2.32. The molecule has 0 radical (unpaired) electrons. The summed E-state index contributed by atoms with van der Waals surface area (Å²) in [5.41, 5.74) is 3.06. The van der Waals surface area contributed by atoms with E-state index in [0.717, 1.165) is 30.3 Å². The minimum atomic E-state index is -0.197. The summed E-state index contributed by atoms with van der Waals surface area (Å²) in [4.78, 5) is 14.6. The number of carbonyl (C=O) groups is 1. The van der Waals surface area contributed by atoms with Crippen LogP contribution < -0.4 is 19.7 Å². The summed E-state index contributed by atoms with van der Waals surface area (Å²) in [5.74, 6) is 1.81. The third-order valence-corrected chi connectivity index (χ3v) is 4.98. The molecule has 0 bridgehead atoms. The molecule has 0 atom stereocenters. The second-order valence-electron chi connectivity index (χ2n) is 7.21. The number of nitrogens with one attached hydrogen (secondary N) is 1. The van der Waals surface area contributed by atoms with Crippen molar-refractivity contribution in [2.45, 2.75) is 26.7 Å². The van der Waals surface area contributed by atoms with E-state index in [1.54, 1.807) is 7.11 Å². The zero-order valence-corrected chi connectivity index (χ0v) is 16.3. The molecule has 0 saturated carbocycles. The summed E-state index contributed by atoms with van der Waals surface area (Å²) >= 11 is 0. The molecule has 0 aliphatic carbocycles. The Morgan fingerprint density at radius 3 is 2.48 bits per heavy atom. The van der Waals surface area contributed by atoms with Gasteiger partial charge in [0.25, 0.3) is 5.91 Å². The molecule has 5 nitrogen and oxygen atoms in total. The summed E-state index contributed by atoms with van der Waals surface area (Å²) in [5, 5.41) is 2.87. The molecule has 3 rings (SSSR count). The van der Waals surface area contributed by atoms with Crippen molar-refractivity contribution in [3.05, 3.63) is 48.0 Å². The van der Waals surface area contributed by atoms with E-state index in [-0.39, 0.29) is 12.5 Å². The topological polar surface area (TPSA) is 50.8 Å². The number of methoxy groups -OCH3 is 1. The number of benzene rings is 2. The van der Waals surface area contributed by atoms with E-state index in [2.05, 4.69) is 29.3 Å². The maximum absolute atomic E-state index is 12.2. The SMILES string of the molecule is COc1cc(C)ccc1OCC(=O)Nc1ccc(N2CCC(C)CC2)cc1. The molecule has 0 unspecified atom stereocenters. The van der Waals surface area contributed by atoms with Crippen molar-refractivity contribution >= 4 is 17.3 Å². The van der Waals surface area contributed by atoms with Crippen LogP contribution in [-0.2, 0) is 4.79 Å². The fraction of sp³-hybridized carbons (Fsp3) is 0.409. The van der Waals surface area contributed by atoms with E-state index in [0.29, 0.717) is 11.5 Å². The lowest BCUT2D eigenvalue weighted by molar-refractivity contribution is -0.118. The number of piperidine rings is 1. The number of anilines is 2. The predicted octanol–water partition coefficient (Wildman–Crippen LogP) is 4.26. The van der Waals surface area contributed by atoms with Crippen molar-refractivity contribution in [2.24, 2.45) is 5.92 Å². The number of nitrogens with zero attached hydrogens (tertiary/aromatic N) is 1. The van der Waals surface area contributed by atoms with Crippen molar-refractivity contribution in [1.29, 1.82) is 0 Å². The van der Waals surface area contributed by atoms with Crippen LogP contribution in [0.25, 0.3) is 0 Å².